The highest BCUT2D eigenvalue weighted by atomic mass is 19.1. The molecule has 4 rings (SSSR count). The van der Waals surface area contributed by atoms with Gasteiger partial charge in [-0.3, -0.25) is 20.0 Å². The van der Waals surface area contributed by atoms with E-state index in [4.69, 9.17) is 16.0 Å². The number of nitrogens with zero attached hydrogens (tertiary/aromatic N) is 2. The van der Waals surface area contributed by atoms with Gasteiger partial charge in [-0.2, -0.15) is 0 Å². The molecule has 1 aliphatic rings. The number of hydrogen-bond acceptors (Lipinski definition) is 6. The van der Waals surface area contributed by atoms with Crippen molar-refractivity contribution in [3.8, 4) is 11.5 Å². The standard InChI is InChI=1S/C29H31FN6O3/c30-23-6-10-25(11-7-23)39-26-12-8-24(9-13-26)34-29(38)27-16-22(18-36(27)28(37)19-35(32)20-31)14-15-33-17-21-4-2-1-3-5-21/h1-15,20,22,27,31,33H,16-19,32H2,(H,34,38)/b15-14+,31-20?/t22?,27-/m0/s1. The van der Waals surface area contributed by atoms with Crippen molar-refractivity contribution in [2.45, 2.75) is 19.0 Å². The zero-order valence-corrected chi connectivity index (χ0v) is 21.3. The molecule has 1 fully saturated rings. The number of benzene rings is 3. The van der Waals surface area contributed by atoms with Gasteiger partial charge in [-0.05, 0) is 72.6 Å². The van der Waals surface area contributed by atoms with Gasteiger partial charge in [0.15, 0.2) is 0 Å². The number of ether oxygens (including phenoxy) is 1. The fraction of sp³-hybridized carbons (Fsp3) is 0.207. The summed E-state index contributed by atoms with van der Waals surface area (Å²) in [7, 11) is 0. The summed E-state index contributed by atoms with van der Waals surface area (Å²) in [5.41, 5.74) is 1.69. The fourth-order valence-electron chi connectivity index (χ4n) is 4.27. The Balaban J connectivity index is 1.38. The molecule has 10 heteroatoms. The van der Waals surface area contributed by atoms with Crippen molar-refractivity contribution in [1.29, 1.82) is 5.41 Å². The van der Waals surface area contributed by atoms with Crippen LogP contribution in [0, 0.1) is 17.1 Å². The molecule has 202 valence electrons. The smallest absolute Gasteiger partial charge is 0.247 e. The number of nitrogens with two attached hydrogens (primary N) is 1. The van der Waals surface area contributed by atoms with Gasteiger partial charge in [-0.25, -0.2) is 10.2 Å². The van der Waals surface area contributed by atoms with Gasteiger partial charge in [-0.15, -0.1) is 0 Å². The lowest BCUT2D eigenvalue weighted by Gasteiger charge is -2.25. The molecule has 3 aromatic rings. The monoisotopic (exact) mass is 530 g/mol. The molecule has 2 atom stereocenters. The summed E-state index contributed by atoms with van der Waals surface area (Å²) in [5, 5.41) is 14.4. The molecule has 0 radical (unpaired) electrons. The van der Waals surface area contributed by atoms with E-state index < -0.39 is 6.04 Å². The normalized spacial score (nSPS) is 16.6. The first kappa shape index (κ1) is 27.3. The van der Waals surface area contributed by atoms with Gasteiger partial charge in [0.1, 0.15) is 29.9 Å². The molecule has 2 amide bonds. The summed E-state index contributed by atoms with van der Waals surface area (Å²) in [6.07, 6.45) is 5.13. The minimum absolute atomic E-state index is 0.0364. The minimum Gasteiger partial charge on any atom is -0.457 e. The molecule has 39 heavy (non-hydrogen) atoms. The van der Waals surface area contributed by atoms with Crippen LogP contribution in [0.2, 0.25) is 0 Å². The van der Waals surface area contributed by atoms with Crippen LogP contribution in [0.3, 0.4) is 0 Å². The number of carbonyl (C=O) groups is 2. The molecular weight excluding hydrogens is 499 g/mol. The van der Waals surface area contributed by atoms with E-state index in [9.17, 15) is 14.0 Å². The van der Waals surface area contributed by atoms with Crippen molar-refractivity contribution in [2.24, 2.45) is 11.8 Å². The Hall–Kier alpha value is -4.70. The molecule has 1 aliphatic heterocycles. The SMILES string of the molecule is N=CN(N)CC(=O)N1CC(/C=C/NCc2ccccc2)C[C@H]1C(=O)Nc1ccc(Oc2ccc(F)cc2)cc1. The lowest BCUT2D eigenvalue weighted by atomic mass is 10.1. The van der Waals surface area contributed by atoms with Gasteiger partial charge < -0.3 is 20.3 Å². The maximum Gasteiger partial charge on any atom is 0.247 e. The Morgan fingerprint density at radius 2 is 1.72 bits per heavy atom. The lowest BCUT2D eigenvalue weighted by molar-refractivity contribution is -0.136. The first-order chi connectivity index (χ1) is 18.9. The highest BCUT2D eigenvalue weighted by Crippen LogP contribution is 2.27. The summed E-state index contributed by atoms with van der Waals surface area (Å²) in [6.45, 7) is 0.821. The first-order valence-electron chi connectivity index (χ1n) is 12.5. The van der Waals surface area contributed by atoms with E-state index in [0.717, 1.165) is 16.9 Å². The number of carbonyl (C=O) groups excluding carboxylic acids is 2. The van der Waals surface area contributed by atoms with Crippen LogP contribution in [0.25, 0.3) is 0 Å². The number of rotatable bonds is 11. The zero-order chi connectivity index (χ0) is 27.6. The molecule has 0 saturated carbocycles. The van der Waals surface area contributed by atoms with Crippen LogP contribution in [-0.4, -0.2) is 47.2 Å². The molecule has 3 aromatic carbocycles. The van der Waals surface area contributed by atoms with E-state index in [-0.39, 0.29) is 30.1 Å². The molecule has 9 nitrogen and oxygen atoms in total. The summed E-state index contributed by atoms with van der Waals surface area (Å²) in [4.78, 5) is 27.7. The number of likely N-dealkylation sites (tertiary alicyclic amines) is 1. The quantitative estimate of drug-likeness (QED) is 0.129. The van der Waals surface area contributed by atoms with E-state index in [2.05, 4.69) is 10.6 Å². The van der Waals surface area contributed by atoms with Gasteiger partial charge >= 0.3 is 0 Å². The molecule has 1 unspecified atom stereocenters. The third-order valence-electron chi connectivity index (χ3n) is 6.25. The van der Waals surface area contributed by atoms with E-state index in [1.165, 1.54) is 29.2 Å². The van der Waals surface area contributed by atoms with Crippen molar-refractivity contribution in [3.05, 3.63) is 103 Å². The molecule has 5 N–H and O–H groups in total. The van der Waals surface area contributed by atoms with Crippen LogP contribution < -0.4 is 21.2 Å². The second kappa shape index (κ2) is 13.2. The van der Waals surface area contributed by atoms with Gasteiger partial charge in [0, 0.05) is 18.8 Å². The molecule has 0 bridgehead atoms. The van der Waals surface area contributed by atoms with E-state index in [0.29, 0.717) is 36.7 Å². The highest BCUT2D eigenvalue weighted by Gasteiger charge is 2.38. The molecule has 0 spiro atoms. The Morgan fingerprint density at radius 1 is 1.05 bits per heavy atom. The summed E-state index contributed by atoms with van der Waals surface area (Å²) in [5.74, 6) is 5.62. The topological polar surface area (TPSA) is 124 Å². The second-order valence-corrected chi connectivity index (χ2v) is 9.15. The van der Waals surface area contributed by atoms with Gasteiger partial charge in [0.25, 0.3) is 0 Å². The van der Waals surface area contributed by atoms with Gasteiger partial charge in [0.05, 0.1) is 6.34 Å². The van der Waals surface area contributed by atoms with E-state index in [1.54, 1.807) is 24.3 Å². The molecular formula is C29H31FN6O3. The molecule has 0 aromatic heterocycles. The Bertz CT molecular complexity index is 1280. The second-order valence-electron chi connectivity index (χ2n) is 9.15. The maximum atomic E-state index is 13.3. The highest BCUT2D eigenvalue weighted by molar-refractivity contribution is 5.98. The van der Waals surface area contributed by atoms with Crippen molar-refractivity contribution in [1.82, 2.24) is 15.2 Å². The number of nitrogens with one attached hydrogen (secondary N) is 3. The predicted octanol–water partition coefficient (Wildman–Crippen LogP) is 3.86. The number of amides is 2. The van der Waals surface area contributed by atoms with Crippen molar-refractivity contribution in [2.75, 3.05) is 18.4 Å². The predicted molar refractivity (Wildman–Crippen MR) is 147 cm³/mol. The minimum atomic E-state index is -0.699. The lowest BCUT2D eigenvalue weighted by Crippen LogP contribution is -2.48. The van der Waals surface area contributed by atoms with Crippen LogP contribution in [0.4, 0.5) is 10.1 Å². The Kier molecular flexibility index (Phi) is 9.25. The van der Waals surface area contributed by atoms with Crippen molar-refractivity contribution in [3.63, 3.8) is 0 Å². The maximum absolute atomic E-state index is 13.3. The largest absolute Gasteiger partial charge is 0.457 e. The van der Waals surface area contributed by atoms with Crippen molar-refractivity contribution >= 4 is 23.8 Å². The zero-order valence-electron chi connectivity index (χ0n) is 21.3. The van der Waals surface area contributed by atoms with E-state index in [1.807, 2.05) is 42.6 Å². The molecule has 1 heterocycles. The summed E-state index contributed by atoms with van der Waals surface area (Å²) in [6, 6.07) is 21.7. The van der Waals surface area contributed by atoms with Gasteiger partial charge in [-0.1, -0.05) is 36.4 Å². The third-order valence-corrected chi connectivity index (χ3v) is 6.25. The number of anilines is 1. The first-order valence-corrected chi connectivity index (χ1v) is 12.5. The average Bonchev–Trinajstić information content (AvgIpc) is 3.38. The fourth-order valence-corrected chi connectivity index (χ4v) is 4.27. The average molecular weight is 531 g/mol. The van der Waals surface area contributed by atoms with Crippen LogP contribution in [-0.2, 0) is 16.1 Å². The van der Waals surface area contributed by atoms with Crippen LogP contribution in [0.15, 0.2) is 91.1 Å². The molecule has 0 aliphatic carbocycles. The Labute approximate surface area is 226 Å². The van der Waals surface area contributed by atoms with Crippen LogP contribution in [0.5, 0.6) is 11.5 Å². The van der Waals surface area contributed by atoms with E-state index >= 15 is 0 Å². The van der Waals surface area contributed by atoms with Crippen LogP contribution in [0.1, 0.15) is 12.0 Å². The molecule has 1 saturated heterocycles. The number of halogens is 1. The Morgan fingerprint density at radius 3 is 2.38 bits per heavy atom. The third kappa shape index (κ3) is 7.89. The summed E-state index contributed by atoms with van der Waals surface area (Å²) >= 11 is 0. The van der Waals surface area contributed by atoms with Crippen molar-refractivity contribution < 1.29 is 18.7 Å². The van der Waals surface area contributed by atoms with Crippen LogP contribution >= 0.6 is 0 Å². The van der Waals surface area contributed by atoms with Gasteiger partial charge in [0.2, 0.25) is 11.8 Å². The summed E-state index contributed by atoms with van der Waals surface area (Å²) < 4.78 is 18.8. The number of hydrazine groups is 1. The number of hydrogen-bond donors (Lipinski definition) is 4.